The summed E-state index contributed by atoms with van der Waals surface area (Å²) in [5.41, 5.74) is 2.00. The van der Waals surface area contributed by atoms with Crippen LogP contribution in [0.5, 0.6) is 0 Å². The van der Waals surface area contributed by atoms with E-state index in [-0.39, 0.29) is 0 Å². The van der Waals surface area contributed by atoms with Crippen LogP contribution in [0.25, 0.3) is 11.0 Å². The van der Waals surface area contributed by atoms with Crippen molar-refractivity contribution >= 4 is 46.5 Å². The fourth-order valence-electron chi connectivity index (χ4n) is 2.84. The van der Waals surface area contributed by atoms with Gasteiger partial charge in [0.05, 0.1) is 21.1 Å². The smallest absolute Gasteiger partial charge is 0.178 e. The molecule has 0 spiro atoms. The van der Waals surface area contributed by atoms with Crippen LogP contribution in [0.15, 0.2) is 12.1 Å². The number of aromatic nitrogens is 2. The lowest BCUT2D eigenvalue weighted by Crippen LogP contribution is -2.31. The molecule has 1 aromatic carbocycles. The van der Waals surface area contributed by atoms with Gasteiger partial charge in [-0.05, 0) is 63.2 Å². The van der Waals surface area contributed by atoms with Gasteiger partial charge in [0.25, 0.3) is 0 Å². The topological polar surface area (TPSA) is 24.0 Å². The third kappa shape index (κ3) is 2.75. The first-order chi connectivity index (χ1) is 9.54. The first-order valence-corrected chi connectivity index (χ1v) is 7.97. The van der Waals surface area contributed by atoms with Crippen molar-refractivity contribution < 1.29 is 0 Å². The Morgan fingerprint density at radius 3 is 2.60 bits per heavy atom. The van der Waals surface area contributed by atoms with Crippen molar-refractivity contribution in [3.8, 4) is 0 Å². The molecule has 1 aromatic heterocycles. The van der Waals surface area contributed by atoms with E-state index in [0.717, 1.165) is 35.4 Å². The number of likely N-dealkylation sites (tertiary alicyclic amines) is 1. The van der Waals surface area contributed by atoms with Crippen molar-refractivity contribution in [3.05, 3.63) is 26.9 Å². The number of hydrogen-bond donors (Lipinski definition) is 1. The predicted molar refractivity (Wildman–Crippen MR) is 87.4 cm³/mol. The highest BCUT2D eigenvalue weighted by molar-refractivity contribution is 7.71. The highest BCUT2D eigenvalue weighted by atomic mass is 35.5. The van der Waals surface area contributed by atoms with Gasteiger partial charge >= 0.3 is 0 Å². The molecular weight excluding hydrogens is 313 g/mol. The SMILES string of the molecule is CN1CCC(Cn2c(=S)[nH]c3cc(Cl)c(Cl)cc32)CC1. The minimum atomic E-state index is 0.557. The maximum atomic E-state index is 6.13. The van der Waals surface area contributed by atoms with Gasteiger partial charge in [0.1, 0.15) is 0 Å². The lowest BCUT2D eigenvalue weighted by atomic mass is 9.97. The number of piperidine rings is 1. The number of hydrogen-bond acceptors (Lipinski definition) is 2. The summed E-state index contributed by atoms with van der Waals surface area (Å²) in [4.78, 5) is 5.59. The molecule has 1 aliphatic rings. The summed E-state index contributed by atoms with van der Waals surface area (Å²) >= 11 is 17.6. The van der Waals surface area contributed by atoms with Crippen molar-refractivity contribution in [2.24, 2.45) is 5.92 Å². The zero-order valence-electron chi connectivity index (χ0n) is 11.3. The summed E-state index contributed by atoms with van der Waals surface area (Å²) in [5, 5.41) is 1.13. The van der Waals surface area contributed by atoms with E-state index in [1.807, 2.05) is 12.1 Å². The zero-order chi connectivity index (χ0) is 14.3. The minimum Gasteiger partial charge on any atom is -0.331 e. The van der Waals surface area contributed by atoms with E-state index >= 15 is 0 Å². The maximum Gasteiger partial charge on any atom is 0.178 e. The van der Waals surface area contributed by atoms with Crippen LogP contribution in [-0.4, -0.2) is 34.6 Å². The molecule has 0 bridgehead atoms. The Labute approximate surface area is 133 Å². The predicted octanol–water partition coefficient (Wildman–Crippen LogP) is 4.35. The Morgan fingerprint density at radius 1 is 1.25 bits per heavy atom. The highest BCUT2D eigenvalue weighted by Gasteiger charge is 2.18. The van der Waals surface area contributed by atoms with Crippen molar-refractivity contribution in [3.63, 3.8) is 0 Å². The molecule has 0 atom stereocenters. The van der Waals surface area contributed by atoms with E-state index in [2.05, 4.69) is 21.5 Å². The summed E-state index contributed by atoms with van der Waals surface area (Å²) < 4.78 is 2.90. The maximum absolute atomic E-state index is 6.13. The molecule has 2 aromatic rings. The van der Waals surface area contributed by atoms with Gasteiger partial charge in [0.2, 0.25) is 0 Å². The van der Waals surface area contributed by atoms with E-state index < -0.39 is 0 Å². The summed E-state index contributed by atoms with van der Waals surface area (Å²) in [6, 6.07) is 3.75. The molecule has 108 valence electrons. The summed E-state index contributed by atoms with van der Waals surface area (Å²) in [5.74, 6) is 0.673. The number of rotatable bonds is 2. The first kappa shape index (κ1) is 14.4. The molecule has 0 radical (unpaired) electrons. The van der Waals surface area contributed by atoms with E-state index in [0.29, 0.717) is 16.0 Å². The third-order valence-electron chi connectivity index (χ3n) is 4.10. The first-order valence-electron chi connectivity index (χ1n) is 6.80. The number of nitrogens with one attached hydrogen (secondary N) is 1. The molecular formula is C14H17Cl2N3S. The molecule has 20 heavy (non-hydrogen) atoms. The molecule has 1 N–H and O–H groups in total. The van der Waals surface area contributed by atoms with E-state index in [4.69, 9.17) is 35.4 Å². The molecule has 3 nitrogen and oxygen atoms in total. The number of aromatic amines is 1. The van der Waals surface area contributed by atoms with Crippen molar-refractivity contribution in [1.82, 2.24) is 14.5 Å². The molecule has 0 saturated carbocycles. The standard InChI is InChI=1S/C14H17Cl2N3S/c1-18-4-2-9(3-5-18)8-19-13-7-11(16)10(15)6-12(13)17-14(19)20/h6-7,9H,2-5,8H2,1H3,(H,17,20). The molecule has 1 aliphatic heterocycles. The highest BCUT2D eigenvalue weighted by Crippen LogP contribution is 2.29. The van der Waals surface area contributed by atoms with Gasteiger partial charge in [-0.3, -0.25) is 0 Å². The monoisotopic (exact) mass is 329 g/mol. The van der Waals surface area contributed by atoms with Gasteiger partial charge in [-0.2, -0.15) is 0 Å². The number of H-pyrrole nitrogens is 1. The largest absolute Gasteiger partial charge is 0.331 e. The van der Waals surface area contributed by atoms with Crippen LogP contribution < -0.4 is 0 Å². The Bertz CT molecular complexity index is 684. The molecule has 6 heteroatoms. The summed E-state index contributed by atoms with van der Waals surface area (Å²) in [6.45, 7) is 3.27. The quantitative estimate of drug-likeness (QED) is 0.828. The molecule has 1 fully saturated rings. The van der Waals surface area contributed by atoms with Gasteiger partial charge < -0.3 is 14.5 Å². The Morgan fingerprint density at radius 2 is 1.90 bits per heavy atom. The van der Waals surface area contributed by atoms with Crippen molar-refractivity contribution in [2.75, 3.05) is 20.1 Å². The molecule has 0 aliphatic carbocycles. The number of benzene rings is 1. The van der Waals surface area contributed by atoms with Gasteiger partial charge in [-0.25, -0.2) is 0 Å². The van der Waals surface area contributed by atoms with Crippen LogP contribution in [0.1, 0.15) is 12.8 Å². The van der Waals surface area contributed by atoms with Crippen LogP contribution in [0.4, 0.5) is 0 Å². The van der Waals surface area contributed by atoms with Crippen LogP contribution >= 0.6 is 35.4 Å². The molecule has 3 rings (SSSR count). The van der Waals surface area contributed by atoms with Gasteiger partial charge in [-0.1, -0.05) is 23.2 Å². The van der Waals surface area contributed by atoms with Crippen molar-refractivity contribution in [2.45, 2.75) is 19.4 Å². The lowest BCUT2D eigenvalue weighted by Gasteiger charge is -2.29. The summed E-state index contributed by atoms with van der Waals surface area (Å²) in [6.07, 6.45) is 2.43. The van der Waals surface area contributed by atoms with Crippen molar-refractivity contribution in [1.29, 1.82) is 0 Å². The second-order valence-electron chi connectivity index (χ2n) is 5.57. The number of nitrogens with zero attached hydrogens (tertiary/aromatic N) is 2. The van der Waals surface area contributed by atoms with E-state index in [1.54, 1.807) is 0 Å². The third-order valence-corrected chi connectivity index (χ3v) is 5.14. The Kier molecular flexibility index (Phi) is 4.09. The average Bonchev–Trinajstić information content (AvgIpc) is 2.69. The Balaban J connectivity index is 1.93. The van der Waals surface area contributed by atoms with Gasteiger partial charge in [0.15, 0.2) is 4.77 Å². The van der Waals surface area contributed by atoms with E-state index in [9.17, 15) is 0 Å². The number of imidazole rings is 1. The number of halogens is 2. The summed E-state index contributed by atoms with van der Waals surface area (Å²) in [7, 11) is 2.18. The molecule has 2 heterocycles. The van der Waals surface area contributed by atoms with Crippen LogP contribution in [0.2, 0.25) is 10.0 Å². The Hall–Kier alpha value is -0.550. The fraction of sp³-hybridized carbons (Fsp3) is 0.500. The van der Waals surface area contributed by atoms with Gasteiger partial charge in [-0.15, -0.1) is 0 Å². The minimum absolute atomic E-state index is 0.557. The van der Waals surface area contributed by atoms with Crippen LogP contribution in [0, 0.1) is 10.7 Å². The second-order valence-corrected chi connectivity index (χ2v) is 6.77. The number of fused-ring (bicyclic) bond motifs is 1. The van der Waals surface area contributed by atoms with Gasteiger partial charge in [0, 0.05) is 6.54 Å². The molecule has 0 amide bonds. The lowest BCUT2D eigenvalue weighted by molar-refractivity contribution is 0.206. The zero-order valence-corrected chi connectivity index (χ0v) is 13.7. The van der Waals surface area contributed by atoms with Crippen LogP contribution in [-0.2, 0) is 6.54 Å². The van der Waals surface area contributed by atoms with Crippen LogP contribution in [0.3, 0.4) is 0 Å². The molecule has 0 unspecified atom stereocenters. The normalized spacial score (nSPS) is 17.9. The second kappa shape index (κ2) is 5.68. The average molecular weight is 330 g/mol. The molecule has 1 saturated heterocycles. The fourth-order valence-corrected chi connectivity index (χ4v) is 3.44. The van der Waals surface area contributed by atoms with E-state index in [1.165, 1.54) is 12.8 Å².